The summed E-state index contributed by atoms with van der Waals surface area (Å²) >= 11 is 2.60. The van der Waals surface area contributed by atoms with Gasteiger partial charge in [0, 0.05) is 23.3 Å². The molecule has 5 heterocycles. The molecule has 1 N–H and O–H groups in total. The molecule has 0 saturated heterocycles. The van der Waals surface area contributed by atoms with Gasteiger partial charge >= 0.3 is 5.97 Å². The zero-order chi connectivity index (χ0) is 38.5. The lowest BCUT2D eigenvalue weighted by molar-refractivity contribution is 0.0697. The molecule has 5 aromatic heterocycles. The van der Waals surface area contributed by atoms with Crippen molar-refractivity contribution in [2.24, 2.45) is 0 Å². The summed E-state index contributed by atoms with van der Waals surface area (Å²) < 4.78 is 35.5. The van der Waals surface area contributed by atoms with Crippen LogP contribution >= 0.6 is 22.7 Å². The Morgan fingerprint density at radius 1 is 0.673 bits per heavy atom. The maximum atomic E-state index is 13.1. The molecule has 9 nitrogen and oxygen atoms in total. The highest BCUT2D eigenvalue weighted by atomic mass is 32.1. The van der Waals surface area contributed by atoms with Gasteiger partial charge in [-0.2, -0.15) is 0 Å². The van der Waals surface area contributed by atoms with Gasteiger partial charge < -0.3 is 18.4 Å². The van der Waals surface area contributed by atoms with Crippen molar-refractivity contribution in [1.82, 2.24) is 9.13 Å². The summed E-state index contributed by atoms with van der Waals surface area (Å²) in [6, 6.07) is 33.1. The molecule has 0 radical (unpaired) electrons. The van der Waals surface area contributed by atoms with Gasteiger partial charge in [0.1, 0.15) is 34.6 Å². The Balaban J connectivity index is 0.000000172. The molecule has 0 fully saturated rings. The largest absolute Gasteiger partial charge is 0.478 e. The molecule has 0 atom stereocenters. The van der Waals surface area contributed by atoms with Crippen LogP contribution in [0.1, 0.15) is 33.2 Å². The Hall–Kier alpha value is -6.76. The van der Waals surface area contributed by atoms with E-state index >= 15 is 0 Å². The summed E-state index contributed by atoms with van der Waals surface area (Å²) in [5, 5.41) is 8.99. The highest BCUT2D eigenvalue weighted by Crippen LogP contribution is 2.23. The minimum absolute atomic E-state index is 0.0935. The molecule has 0 unspecified atom stereocenters. The van der Waals surface area contributed by atoms with Crippen molar-refractivity contribution in [3.8, 4) is 22.6 Å². The highest BCUT2D eigenvalue weighted by Gasteiger charge is 2.10. The smallest absolute Gasteiger partial charge is 0.335 e. The van der Waals surface area contributed by atoms with Crippen LogP contribution in [0.25, 0.3) is 48.0 Å². The maximum absolute atomic E-state index is 13.1. The second kappa shape index (κ2) is 16.1. The molecule has 0 amide bonds. The number of aromatic nitrogens is 2. The quantitative estimate of drug-likeness (QED) is 0.182. The number of carbonyl (C=O) groups is 1. The number of benzene rings is 3. The third-order valence-corrected chi connectivity index (χ3v) is 10.3. The van der Waals surface area contributed by atoms with Crippen LogP contribution in [-0.2, 0) is 13.1 Å². The number of thiazole rings is 2. The number of aromatic carboxylic acids is 1. The second-order valence-corrected chi connectivity index (χ2v) is 14.4. The third kappa shape index (κ3) is 8.57. The van der Waals surface area contributed by atoms with Crippen molar-refractivity contribution in [3.63, 3.8) is 0 Å². The van der Waals surface area contributed by atoms with Gasteiger partial charge in [0.15, 0.2) is 0 Å². The monoisotopic (exact) mass is 770 g/mol. The van der Waals surface area contributed by atoms with Crippen molar-refractivity contribution in [1.29, 1.82) is 0 Å². The molecule has 12 heteroatoms. The predicted molar refractivity (Wildman–Crippen MR) is 212 cm³/mol. The van der Waals surface area contributed by atoms with E-state index in [0.29, 0.717) is 48.8 Å². The fraction of sp³-hybridized carbons (Fsp3) is 0.0465. The maximum Gasteiger partial charge on any atom is 0.335 e. The summed E-state index contributed by atoms with van der Waals surface area (Å²) in [5.74, 6) is 1.88. The molecule has 0 spiro atoms. The summed E-state index contributed by atoms with van der Waals surface area (Å²) in [5.41, 5.74) is 2.44. The van der Waals surface area contributed by atoms with Crippen LogP contribution in [0.4, 0.5) is 4.39 Å². The second-order valence-electron chi connectivity index (χ2n) is 12.1. The van der Waals surface area contributed by atoms with Crippen molar-refractivity contribution in [2.75, 3.05) is 0 Å². The number of carboxylic acid groups (broad SMARTS) is 1. The lowest BCUT2D eigenvalue weighted by atomic mass is 10.1. The molecule has 0 aliphatic carbocycles. The van der Waals surface area contributed by atoms with E-state index in [2.05, 4.69) is 13.2 Å². The average Bonchev–Trinajstić information content (AvgIpc) is 4.05. The number of nitrogens with zero attached hydrogens (tertiary/aromatic N) is 2. The van der Waals surface area contributed by atoms with Gasteiger partial charge in [-0.05, 0) is 66.2 Å². The first-order valence-electron chi connectivity index (χ1n) is 16.8. The van der Waals surface area contributed by atoms with Crippen molar-refractivity contribution < 1.29 is 27.5 Å². The zero-order valence-corrected chi connectivity index (χ0v) is 30.6. The third-order valence-electron chi connectivity index (χ3n) is 8.39. The average molecular weight is 771 g/mol. The van der Waals surface area contributed by atoms with E-state index in [-0.39, 0.29) is 22.5 Å². The van der Waals surface area contributed by atoms with Crippen LogP contribution < -0.4 is 29.5 Å². The van der Waals surface area contributed by atoms with Gasteiger partial charge in [0.2, 0.25) is 0 Å². The molecular weight excluding hydrogens is 740 g/mol. The van der Waals surface area contributed by atoms with Crippen LogP contribution in [0.2, 0.25) is 0 Å². The van der Waals surface area contributed by atoms with Crippen LogP contribution in [0.5, 0.6) is 0 Å². The first kappa shape index (κ1) is 36.6. The molecule has 8 aromatic rings. The normalized spacial score (nSPS) is 11.8. The van der Waals surface area contributed by atoms with Crippen LogP contribution in [0, 0.1) is 5.82 Å². The topological polar surface area (TPSA) is 121 Å². The van der Waals surface area contributed by atoms with Gasteiger partial charge in [0.25, 0.3) is 11.1 Å². The van der Waals surface area contributed by atoms with Gasteiger partial charge in [0.05, 0.1) is 43.3 Å². The van der Waals surface area contributed by atoms with E-state index in [1.165, 1.54) is 51.5 Å². The van der Waals surface area contributed by atoms with Gasteiger partial charge in [-0.1, -0.05) is 67.8 Å². The Morgan fingerprint density at radius 3 is 1.75 bits per heavy atom. The molecule has 0 aliphatic rings. The standard InChI is InChI=1S/C23H16FNO4S.C20H15NO3S/c1-14-25(13-15-2-8-18(24)9-3-15)22(26)21(30-14)12-19-10-11-20(29-19)16-4-6-17(7-5-16)23(27)28;1-14-21(13-17-8-5-11-23-17)20(22)19(25-14)12-16-9-10-18(24-16)15-6-3-2-4-7-15/h2-12H,1,13H2,(H,27,28);2-12H,1,13H2/b21-12-;19-12-. The number of rotatable bonds is 9. The summed E-state index contributed by atoms with van der Waals surface area (Å²) in [6.45, 7) is 8.59. The van der Waals surface area contributed by atoms with Crippen molar-refractivity contribution in [3.05, 3.63) is 195 Å². The van der Waals surface area contributed by atoms with Gasteiger partial charge in [-0.25, -0.2) is 9.18 Å². The van der Waals surface area contributed by atoms with Crippen molar-refractivity contribution in [2.45, 2.75) is 13.1 Å². The molecular formula is C43H31FN2O7S2. The van der Waals surface area contributed by atoms with E-state index < -0.39 is 5.97 Å². The first-order chi connectivity index (χ1) is 26.6. The van der Waals surface area contributed by atoms with Crippen LogP contribution in [-0.4, -0.2) is 20.2 Å². The Kier molecular flexibility index (Phi) is 10.7. The molecule has 8 rings (SSSR count). The predicted octanol–water partition coefficient (Wildman–Crippen LogP) is 6.34. The van der Waals surface area contributed by atoms with Crippen LogP contribution in [0.15, 0.2) is 144 Å². The van der Waals surface area contributed by atoms with E-state index in [4.69, 9.17) is 18.4 Å². The minimum Gasteiger partial charge on any atom is -0.478 e. The Bertz CT molecular complexity index is 2930. The zero-order valence-electron chi connectivity index (χ0n) is 29.0. The molecule has 0 bridgehead atoms. The first-order valence-corrected chi connectivity index (χ1v) is 18.4. The molecule has 0 saturated carbocycles. The van der Waals surface area contributed by atoms with E-state index in [9.17, 15) is 18.8 Å². The molecule has 3 aromatic carbocycles. The number of hydrogen-bond donors (Lipinski definition) is 1. The highest BCUT2D eigenvalue weighted by molar-refractivity contribution is 7.07. The fourth-order valence-electron chi connectivity index (χ4n) is 5.59. The number of carboxylic acids is 1. The Labute approximate surface area is 320 Å². The lowest BCUT2D eigenvalue weighted by Gasteiger charge is -2.01. The SMILES string of the molecule is C=c1s/c(=C\c2ccc(-c3ccc(C(=O)O)cc3)o2)c(=O)n1Cc1ccc(F)cc1.C=c1s/c(=C\c2ccc(-c3ccccc3)o2)c(=O)n1Cc1ccco1. The molecule has 0 aliphatic heterocycles. The summed E-state index contributed by atoms with van der Waals surface area (Å²) in [7, 11) is 0. The Morgan fingerprint density at radius 2 is 1.22 bits per heavy atom. The number of hydrogen-bond acceptors (Lipinski definition) is 8. The number of halogens is 1. The van der Waals surface area contributed by atoms with Crippen molar-refractivity contribution >= 4 is 54.0 Å². The summed E-state index contributed by atoms with van der Waals surface area (Å²) in [6.07, 6.45) is 5.00. The summed E-state index contributed by atoms with van der Waals surface area (Å²) in [4.78, 5) is 36.4. The van der Waals surface area contributed by atoms with Gasteiger partial charge in [-0.3, -0.25) is 18.7 Å². The van der Waals surface area contributed by atoms with Gasteiger partial charge in [-0.15, -0.1) is 22.7 Å². The van der Waals surface area contributed by atoms with E-state index in [0.717, 1.165) is 28.2 Å². The minimum atomic E-state index is -0.992. The van der Waals surface area contributed by atoms with E-state index in [1.54, 1.807) is 65.4 Å². The van der Waals surface area contributed by atoms with E-state index in [1.807, 2.05) is 48.5 Å². The molecule has 55 heavy (non-hydrogen) atoms. The fourth-order valence-corrected chi connectivity index (χ4v) is 7.35. The lowest BCUT2D eigenvalue weighted by Crippen LogP contribution is -2.31. The number of furan rings is 3. The molecule has 274 valence electrons. The van der Waals surface area contributed by atoms with Crippen LogP contribution in [0.3, 0.4) is 0 Å².